The van der Waals surface area contributed by atoms with Crippen molar-refractivity contribution in [3.63, 3.8) is 0 Å². The lowest BCUT2D eigenvalue weighted by Crippen LogP contribution is -2.18. The second kappa shape index (κ2) is 5.80. The first-order valence-corrected chi connectivity index (χ1v) is 7.58. The molecule has 0 aromatic heterocycles. The van der Waals surface area contributed by atoms with Crippen LogP contribution in [0.15, 0.2) is 16.6 Å². The summed E-state index contributed by atoms with van der Waals surface area (Å²) in [5, 5.41) is 0. The standard InChI is InChI=1S/C13H16Br2O3/c1-7(2)18-13(8(3)14)9-4-11-12(5-10(9)15)17-6-16-11/h4-5,7-8,13H,6H2,1-3H3/t8-,13-/m0/s1. The Balaban J connectivity index is 2.35. The van der Waals surface area contributed by atoms with E-state index in [1.165, 1.54) is 0 Å². The van der Waals surface area contributed by atoms with Gasteiger partial charge < -0.3 is 14.2 Å². The number of rotatable bonds is 4. The molecular formula is C13H16Br2O3. The van der Waals surface area contributed by atoms with E-state index in [1.54, 1.807) is 0 Å². The molecule has 100 valence electrons. The van der Waals surface area contributed by atoms with E-state index in [1.807, 2.05) is 26.0 Å². The largest absolute Gasteiger partial charge is 0.454 e. The molecular weight excluding hydrogens is 364 g/mol. The smallest absolute Gasteiger partial charge is 0.231 e. The zero-order valence-electron chi connectivity index (χ0n) is 10.6. The lowest BCUT2D eigenvalue weighted by Gasteiger charge is -2.24. The molecule has 0 N–H and O–H groups in total. The van der Waals surface area contributed by atoms with Crippen molar-refractivity contribution in [1.29, 1.82) is 0 Å². The number of ether oxygens (including phenoxy) is 3. The van der Waals surface area contributed by atoms with Crippen LogP contribution in [0.1, 0.15) is 32.4 Å². The zero-order chi connectivity index (χ0) is 13.3. The average Bonchev–Trinajstić information content (AvgIpc) is 2.71. The van der Waals surface area contributed by atoms with E-state index in [2.05, 4.69) is 38.8 Å². The molecule has 0 spiro atoms. The van der Waals surface area contributed by atoms with Gasteiger partial charge in [-0.1, -0.05) is 31.9 Å². The SMILES string of the molecule is CC(C)O[C@H](c1cc2c(cc1Br)OCO2)[C@H](C)Br. The van der Waals surface area contributed by atoms with Gasteiger partial charge in [0.2, 0.25) is 6.79 Å². The Kier molecular flexibility index (Phi) is 4.56. The summed E-state index contributed by atoms with van der Waals surface area (Å²) in [6, 6.07) is 3.92. The molecule has 1 heterocycles. The van der Waals surface area contributed by atoms with Crippen LogP contribution in [0.5, 0.6) is 11.5 Å². The normalized spacial score (nSPS) is 17.0. The summed E-state index contributed by atoms with van der Waals surface area (Å²) in [5.74, 6) is 1.55. The van der Waals surface area contributed by atoms with Gasteiger partial charge in [0.25, 0.3) is 0 Å². The molecule has 0 fully saturated rings. The van der Waals surface area contributed by atoms with Gasteiger partial charge in [-0.15, -0.1) is 0 Å². The van der Waals surface area contributed by atoms with Gasteiger partial charge in [-0.05, 0) is 32.9 Å². The van der Waals surface area contributed by atoms with Crippen molar-refractivity contribution in [3.8, 4) is 11.5 Å². The maximum Gasteiger partial charge on any atom is 0.231 e. The third-order valence-electron chi connectivity index (χ3n) is 2.63. The Morgan fingerprint density at radius 2 is 1.78 bits per heavy atom. The van der Waals surface area contributed by atoms with E-state index < -0.39 is 0 Å². The molecule has 5 heteroatoms. The summed E-state index contributed by atoms with van der Waals surface area (Å²) in [6.07, 6.45) is 0.126. The minimum atomic E-state index is -0.0334. The van der Waals surface area contributed by atoms with E-state index >= 15 is 0 Å². The highest BCUT2D eigenvalue weighted by molar-refractivity contribution is 9.10. The van der Waals surface area contributed by atoms with Crippen molar-refractivity contribution in [1.82, 2.24) is 0 Å². The Morgan fingerprint density at radius 3 is 2.33 bits per heavy atom. The lowest BCUT2D eigenvalue weighted by atomic mass is 10.1. The van der Waals surface area contributed by atoms with Crippen molar-refractivity contribution >= 4 is 31.9 Å². The molecule has 0 saturated heterocycles. The quantitative estimate of drug-likeness (QED) is 0.724. The van der Waals surface area contributed by atoms with E-state index in [4.69, 9.17) is 14.2 Å². The number of fused-ring (bicyclic) bond motifs is 1. The number of alkyl halides is 1. The molecule has 0 unspecified atom stereocenters. The van der Waals surface area contributed by atoms with Gasteiger partial charge >= 0.3 is 0 Å². The molecule has 0 saturated carbocycles. The lowest BCUT2D eigenvalue weighted by molar-refractivity contribution is 0.00836. The van der Waals surface area contributed by atoms with Crippen molar-refractivity contribution in [3.05, 3.63) is 22.2 Å². The minimum absolute atomic E-state index is 0.0334. The highest BCUT2D eigenvalue weighted by Gasteiger charge is 2.25. The summed E-state index contributed by atoms with van der Waals surface area (Å²) in [4.78, 5) is 0.205. The van der Waals surface area contributed by atoms with Crippen LogP contribution in [0.3, 0.4) is 0 Å². The molecule has 1 aliphatic heterocycles. The Hall–Kier alpha value is -0.260. The number of benzene rings is 1. The fourth-order valence-electron chi connectivity index (χ4n) is 1.87. The highest BCUT2D eigenvalue weighted by atomic mass is 79.9. The van der Waals surface area contributed by atoms with Crippen LogP contribution < -0.4 is 9.47 Å². The summed E-state index contributed by atoms with van der Waals surface area (Å²) >= 11 is 7.18. The third kappa shape index (κ3) is 3.00. The van der Waals surface area contributed by atoms with Gasteiger partial charge in [-0.2, -0.15) is 0 Å². The van der Waals surface area contributed by atoms with Gasteiger partial charge in [-0.3, -0.25) is 0 Å². The molecule has 1 aliphatic rings. The topological polar surface area (TPSA) is 27.7 Å². The number of hydrogen-bond acceptors (Lipinski definition) is 3. The van der Waals surface area contributed by atoms with Crippen molar-refractivity contribution in [2.75, 3.05) is 6.79 Å². The monoisotopic (exact) mass is 378 g/mol. The van der Waals surface area contributed by atoms with Crippen molar-refractivity contribution < 1.29 is 14.2 Å². The fraction of sp³-hybridized carbons (Fsp3) is 0.538. The molecule has 0 amide bonds. The zero-order valence-corrected chi connectivity index (χ0v) is 13.7. The molecule has 3 nitrogen and oxygen atoms in total. The summed E-state index contributed by atoms with van der Waals surface area (Å²) in [5.41, 5.74) is 1.07. The Morgan fingerprint density at radius 1 is 1.17 bits per heavy atom. The van der Waals surface area contributed by atoms with Crippen LogP contribution in [0.25, 0.3) is 0 Å². The van der Waals surface area contributed by atoms with Gasteiger partial charge in [0, 0.05) is 14.9 Å². The fourth-order valence-corrected chi connectivity index (χ4v) is 2.83. The van der Waals surface area contributed by atoms with E-state index in [-0.39, 0.29) is 23.8 Å². The summed E-state index contributed by atoms with van der Waals surface area (Å²) in [6.45, 7) is 6.42. The Labute approximate surface area is 124 Å². The first-order valence-electron chi connectivity index (χ1n) is 5.87. The number of hydrogen-bond donors (Lipinski definition) is 0. The predicted octanol–water partition coefficient (Wildman–Crippen LogP) is 4.43. The van der Waals surface area contributed by atoms with E-state index in [0.29, 0.717) is 0 Å². The third-order valence-corrected chi connectivity index (χ3v) is 3.80. The van der Waals surface area contributed by atoms with Gasteiger partial charge in [0.05, 0.1) is 12.2 Å². The van der Waals surface area contributed by atoms with Gasteiger partial charge in [0.1, 0.15) is 0 Å². The summed E-state index contributed by atoms with van der Waals surface area (Å²) in [7, 11) is 0. The van der Waals surface area contributed by atoms with Crippen LogP contribution in [0.4, 0.5) is 0 Å². The van der Waals surface area contributed by atoms with Gasteiger partial charge in [0.15, 0.2) is 11.5 Å². The molecule has 18 heavy (non-hydrogen) atoms. The minimum Gasteiger partial charge on any atom is -0.454 e. The average molecular weight is 380 g/mol. The van der Waals surface area contributed by atoms with Crippen LogP contribution in [0, 0.1) is 0 Å². The first-order chi connectivity index (χ1) is 8.49. The van der Waals surface area contributed by atoms with Crippen LogP contribution >= 0.6 is 31.9 Å². The van der Waals surface area contributed by atoms with Gasteiger partial charge in [-0.25, -0.2) is 0 Å². The first kappa shape index (κ1) is 14.2. The van der Waals surface area contributed by atoms with E-state index in [9.17, 15) is 0 Å². The molecule has 0 aliphatic carbocycles. The highest BCUT2D eigenvalue weighted by Crippen LogP contribution is 2.41. The van der Waals surface area contributed by atoms with Crippen molar-refractivity contribution in [2.24, 2.45) is 0 Å². The van der Waals surface area contributed by atoms with Crippen molar-refractivity contribution in [2.45, 2.75) is 37.8 Å². The Bertz CT molecular complexity index is 432. The second-order valence-corrected chi connectivity index (χ2v) is 6.81. The predicted molar refractivity (Wildman–Crippen MR) is 77.6 cm³/mol. The molecule has 1 aromatic carbocycles. The molecule has 2 rings (SSSR count). The molecule has 0 radical (unpaired) electrons. The number of halogens is 2. The summed E-state index contributed by atoms with van der Waals surface area (Å²) < 4.78 is 17.7. The van der Waals surface area contributed by atoms with Crippen LogP contribution in [-0.2, 0) is 4.74 Å². The maximum absolute atomic E-state index is 5.97. The maximum atomic E-state index is 5.97. The van der Waals surface area contributed by atoms with Crippen LogP contribution in [-0.4, -0.2) is 17.7 Å². The van der Waals surface area contributed by atoms with E-state index in [0.717, 1.165) is 21.5 Å². The van der Waals surface area contributed by atoms with Crippen LogP contribution in [0.2, 0.25) is 0 Å². The molecule has 0 bridgehead atoms. The molecule has 1 aromatic rings. The molecule has 2 atom stereocenters. The second-order valence-electron chi connectivity index (χ2n) is 4.51.